The molecular formula is C24H30F3N6O4S+. The van der Waals surface area contributed by atoms with E-state index in [1.807, 2.05) is 4.90 Å². The lowest BCUT2D eigenvalue weighted by Crippen LogP contribution is -2.41. The van der Waals surface area contributed by atoms with Crippen LogP contribution in [-0.2, 0) is 22.8 Å². The van der Waals surface area contributed by atoms with Crippen LogP contribution in [0.15, 0.2) is 24.3 Å². The third kappa shape index (κ3) is 5.19. The molecule has 0 aliphatic carbocycles. The van der Waals surface area contributed by atoms with Gasteiger partial charge in [-0.2, -0.15) is 13.8 Å². The van der Waals surface area contributed by atoms with E-state index in [0.29, 0.717) is 11.1 Å². The molecule has 1 aliphatic rings. The minimum absolute atomic E-state index is 0.0124. The van der Waals surface area contributed by atoms with Crippen molar-refractivity contribution in [2.45, 2.75) is 38.3 Å². The Morgan fingerprint density at radius 3 is 2.47 bits per heavy atom. The van der Waals surface area contributed by atoms with Crippen LogP contribution in [-0.4, -0.2) is 66.0 Å². The summed E-state index contributed by atoms with van der Waals surface area (Å²) in [5, 5.41) is 22.1. The number of sulfone groups is 1. The maximum atomic E-state index is 15.4. The molecule has 0 radical (unpaired) electrons. The Hall–Kier alpha value is -3.26. The lowest BCUT2D eigenvalue weighted by molar-refractivity contribution is -0.783. The lowest BCUT2D eigenvalue weighted by atomic mass is 9.91. The standard InChI is InChI=1S/C24H30F3N6O4S/c1-14(15-7-6-8-17(19(15)25)24(26,27)23(2,3)34)28-20-16-13-18(33-9-11-38(35,36)12-10-33)22(37-5)29-21(16)31-32(4)30-20/h6-8,13-14,34H,9-12H2,1-5H3,(H,28,29,30,31)/q+1/t14-/m1/s1. The number of aromatic nitrogens is 4. The molecule has 0 spiro atoms. The Morgan fingerprint density at radius 1 is 1.21 bits per heavy atom. The van der Waals surface area contributed by atoms with Gasteiger partial charge in [-0.3, -0.25) is 0 Å². The highest BCUT2D eigenvalue weighted by Crippen LogP contribution is 2.41. The number of aryl methyl sites for hydroxylation is 1. The van der Waals surface area contributed by atoms with Crippen LogP contribution in [0.4, 0.5) is 24.7 Å². The van der Waals surface area contributed by atoms with Crippen molar-refractivity contribution in [3.05, 3.63) is 41.2 Å². The zero-order valence-corrected chi connectivity index (χ0v) is 22.5. The number of nitrogens with zero attached hydrogens (tertiary/aromatic N) is 5. The molecule has 0 saturated carbocycles. The molecule has 1 saturated heterocycles. The number of halogens is 3. The minimum Gasteiger partial charge on any atom is -0.479 e. The van der Waals surface area contributed by atoms with E-state index in [2.05, 4.69) is 20.5 Å². The molecule has 1 atom stereocenters. The molecule has 38 heavy (non-hydrogen) atoms. The fraction of sp³-hybridized carbons (Fsp3) is 0.500. The zero-order chi connectivity index (χ0) is 28.0. The third-order valence-electron chi connectivity index (χ3n) is 6.52. The molecule has 14 heteroatoms. The Balaban J connectivity index is 1.75. The fourth-order valence-corrected chi connectivity index (χ4v) is 5.46. The van der Waals surface area contributed by atoms with Crippen molar-refractivity contribution in [2.24, 2.45) is 7.05 Å². The molecule has 1 aromatic carbocycles. The van der Waals surface area contributed by atoms with Gasteiger partial charge in [-0.05, 0) is 32.9 Å². The van der Waals surface area contributed by atoms with Crippen molar-refractivity contribution in [2.75, 3.05) is 41.9 Å². The van der Waals surface area contributed by atoms with Gasteiger partial charge in [-0.1, -0.05) is 12.1 Å². The second kappa shape index (κ2) is 9.80. The van der Waals surface area contributed by atoms with Crippen molar-refractivity contribution in [3.63, 3.8) is 0 Å². The second-order valence-electron chi connectivity index (χ2n) is 9.77. The first-order chi connectivity index (χ1) is 17.6. The Morgan fingerprint density at radius 2 is 1.87 bits per heavy atom. The van der Waals surface area contributed by atoms with Crippen LogP contribution in [0.25, 0.3) is 11.0 Å². The van der Waals surface area contributed by atoms with E-state index in [9.17, 15) is 22.3 Å². The van der Waals surface area contributed by atoms with E-state index < -0.39 is 38.8 Å². The number of hydrogen-bond donors (Lipinski definition) is 2. The molecule has 3 aromatic rings. The minimum atomic E-state index is -3.84. The Kier molecular flexibility index (Phi) is 7.16. The van der Waals surface area contributed by atoms with Crippen molar-refractivity contribution in [3.8, 4) is 5.88 Å². The van der Waals surface area contributed by atoms with Crippen LogP contribution >= 0.6 is 0 Å². The van der Waals surface area contributed by atoms with Gasteiger partial charge >= 0.3 is 5.92 Å². The van der Waals surface area contributed by atoms with Gasteiger partial charge in [0.25, 0.3) is 0 Å². The fourth-order valence-electron chi connectivity index (χ4n) is 4.26. The SMILES string of the molecule is COc1nc2n[n+](C)nc(N[C@H](C)c3cccc(C(F)(F)C(C)(C)O)c3F)c2cc1N1CCS(=O)(=O)CC1. The molecular weight excluding hydrogens is 525 g/mol. The summed E-state index contributed by atoms with van der Waals surface area (Å²) in [5.74, 6) is -4.49. The first-order valence-corrected chi connectivity index (χ1v) is 13.7. The van der Waals surface area contributed by atoms with E-state index >= 15 is 4.39 Å². The number of ether oxygens (including phenoxy) is 1. The van der Waals surface area contributed by atoms with E-state index in [1.165, 1.54) is 24.0 Å². The molecule has 2 N–H and O–H groups in total. The van der Waals surface area contributed by atoms with Gasteiger partial charge in [0.1, 0.15) is 17.1 Å². The number of methoxy groups -OCH3 is 1. The van der Waals surface area contributed by atoms with Gasteiger partial charge in [0.2, 0.25) is 17.3 Å². The molecule has 2 aromatic heterocycles. The first-order valence-electron chi connectivity index (χ1n) is 11.9. The van der Waals surface area contributed by atoms with Gasteiger partial charge in [-0.15, -0.1) is 0 Å². The maximum Gasteiger partial charge on any atom is 0.303 e. The number of alkyl halides is 2. The largest absolute Gasteiger partial charge is 0.479 e. The van der Waals surface area contributed by atoms with Crippen molar-refractivity contribution in [1.29, 1.82) is 0 Å². The van der Waals surface area contributed by atoms with Crippen molar-refractivity contribution >= 4 is 32.4 Å². The molecule has 4 rings (SSSR count). The Labute approximate surface area is 218 Å². The predicted octanol–water partition coefficient (Wildman–Crippen LogP) is 2.27. The summed E-state index contributed by atoms with van der Waals surface area (Å²) in [4.78, 5) is 7.57. The van der Waals surface area contributed by atoms with Crippen molar-refractivity contribution in [1.82, 2.24) is 15.2 Å². The molecule has 0 amide bonds. The molecule has 0 bridgehead atoms. The highest BCUT2D eigenvalue weighted by molar-refractivity contribution is 7.91. The highest BCUT2D eigenvalue weighted by Gasteiger charge is 2.49. The molecule has 10 nitrogen and oxygen atoms in total. The monoisotopic (exact) mass is 555 g/mol. The van der Waals surface area contributed by atoms with Crippen LogP contribution < -0.4 is 19.8 Å². The van der Waals surface area contributed by atoms with E-state index in [-0.39, 0.29) is 47.5 Å². The second-order valence-corrected chi connectivity index (χ2v) is 12.1. The van der Waals surface area contributed by atoms with Gasteiger partial charge < -0.3 is 20.1 Å². The number of nitrogens with one attached hydrogen (secondary N) is 1. The smallest absolute Gasteiger partial charge is 0.303 e. The van der Waals surface area contributed by atoms with Gasteiger partial charge in [0.05, 0.1) is 35.6 Å². The highest BCUT2D eigenvalue weighted by atomic mass is 32.2. The van der Waals surface area contributed by atoms with E-state index in [0.717, 1.165) is 19.9 Å². The zero-order valence-electron chi connectivity index (χ0n) is 21.7. The van der Waals surface area contributed by atoms with Gasteiger partial charge in [0, 0.05) is 33.6 Å². The molecule has 1 aliphatic heterocycles. The van der Waals surface area contributed by atoms with Crippen molar-refractivity contribution < 1.29 is 36.2 Å². The molecule has 0 unspecified atom stereocenters. The van der Waals surface area contributed by atoms with Gasteiger partial charge in [-0.25, -0.2) is 12.8 Å². The normalized spacial score (nSPS) is 16.9. The summed E-state index contributed by atoms with van der Waals surface area (Å²) in [6.45, 7) is 3.93. The maximum absolute atomic E-state index is 15.4. The van der Waals surface area contributed by atoms with E-state index in [1.54, 1.807) is 20.0 Å². The van der Waals surface area contributed by atoms with Crippen LogP contribution in [0.2, 0.25) is 0 Å². The quantitative estimate of drug-likeness (QED) is 0.423. The summed E-state index contributed by atoms with van der Waals surface area (Å²) < 4.78 is 74.2. The van der Waals surface area contributed by atoms with Crippen LogP contribution in [0.5, 0.6) is 5.88 Å². The number of hydrogen-bond acceptors (Lipinski definition) is 9. The number of anilines is 2. The molecule has 206 valence electrons. The van der Waals surface area contributed by atoms with E-state index in [4.69, 9.17) is 4.74 Å². The topological polar surface area (TPSA) is 121 Å². The summed E-state index contributed by atoms with van der Waals surface area (Å²) in [5.41, 5.74) is -2.65. The lowest BCUT2D eigenvalue weighted by Gasteiger charge is -2.30. The molecule has 1 fully saturated rings. The third-order valence-corrected chi connectivity index (χ3v) is 8.13. The van der Waals surface area contributed by atoms with Gasteiger partial charge in [0.15, 0.2) is 16.9 Å². The summed E-state index contributed by atoms with van der Waals surface area (Å²) in [7, 11) is -0.110. The average Bonchev–Trinajstić information content (AvgIpc) is 2.82. The average molecular weight is 556 g/mol. The van der Waals surface area contributed by atoms with Crippen LogP contribution in [0, 0.1) is 5.82 Å². The molecule has 3 heterocycles. The number of benzene rings is 1. The van der Waals surface area contributed by atoms with Crippen LogP contribution in [0.1, 0.15) is 37.9 Å². The van der Waals surface area contributed by atoms with Crippen LogP contribution in [0.3, 0.4) is 0 Å². The number of fused-ring (bicyclic) bond motifs is 1. The summed E-state index contributed by atoms with van der Waals surface area (Å²) >= 11 is 0. The Bertz CT molecular complexity index is 1470. The first kappa shape index (κ1) is 27.8. The number of aliphatic hydroxyl groups is 1. The number of rotatable bonds is 7. The predicted molar refractivity (Wildman–Crippen MR) is 135 cm³/mol. The number of pyridine rings is 1. The summed E-state index contributed by atoms with van der Waals surface area (Å²) in [6, 6.07) is 4.52. The summed E-state index contributed by atoms with van der Waals surface area (Å²) in [6.07, 6.45) is 0.